The summed E-state index contributed by atoms with van der Waals surface area (Å²) in [5.41, 5.74) is 0.457. The van der Waals surface area contributed by atoms with Crippen LogP contribution in [0.15, 0.2) is 0 Å². The number of hydrogen-bond acceptors (Lipinski definition) is 5. The van der Waals surface area contributed by atoms with Crippen LogP contribution in [0.5, 0.6) is 0 Å². The number of carbonyl (C=O) groups is 2. The molecule has 0 unspecified atom stereocenters. The van der Waals surface area contributed by atoms with Gasteiger partial charge in [0.15, 0.2) is 5.79 Å². The molecule has 5 aliphatic rings. The lowest BCUT2D eigenvalue weighted by Gasteiger charge is -2.61. The second kappa shape index (κ2) is 8.08. The van der Waals surface area contributed by atoms with Crippen LogP contribution in [0.25, 0.3) is 0 Å². The Kier molecular flexibility index (Phi) is 5.76. The molecular formula is C27H42O5. The van der Waals surface area contributed by atoms with E-state index in [0.717, 1.165) is 25.7 Å². The fraction of sp³-hybridized carbons (Fsp3) is 0.926. The summed E-state index contributed by atoms with van der Waals surface area (Å²) in [6.07, 6.45) is 9.87. The molecule has 0 aromatic heterocycles. The number of esters is 1. The number of rotatable bonds is 4. The van der Waals surface area contributed by atoms with Crippen molar-refractivity contribution in [1.82, 2.24) is 0 Å². The Labute approximate surface area is 193 Å². The number of Topliss-reactive ketones (excluding diaryl/α,β-unsaturated/α-hetero) is 1. The van der Waals surface area contributed by atoms with Crippen molar-refractivity contribution < 1.29 is 23.8 Å². The van der Waals surface area contributed by atoms with Gasteiger partial charge in [-0.05, 0) is 78.9 Å². The first-order valence-corrected chi connectivity index (χ1v) is 13.1. The van der Waals surface area contributed by atoms with Crippen LogP contribution in [0, 0.1) is 46.3 Å². The minimum Gasteiger partial charge on any atom is -0.469 e. The van der Waals surface area contributed by atoms with Gasteiger partial charge in [0.2, 0.25) is 0 Å². The van der Waals surface area contributed by atoms with Crippen molar-refractivity contribution in [3.63, 3.8) is 0 Å². The van der Waals surface area contributed by atoms with Gasteiger partial charge in [0.1, 0.15) is 5.78 Å². The highest BCUT2D eigenvalue weighted by Gasteiger charge is 2.64. The van der Waals surface area contributed by atoms with E-state index >= 15 is 0 Å². The summed E-state index contributed by atoms with van der Waals surface area (Å²) in [4.78, 5) is 25.4. The largest absolute Gasteiger partial charge is 0.469 e. The average molecular weight is 447 g/mol. The molecular weight excluding hydrogens is 404 g/mol. The van der Waals surface area contributed by atoms with Gasteiger partial charge >= 0.3 is 5.97 Å². The number of ketones is 1. The molecule has 1 saturated heterocycles. The Morgan fingerprint density at radius 1 is 1.06 bits per heavy atom. The molecule has 0 amide bonds. The normalized spacial score (nSPS) is 45.8. The number of hydrogen-bond donors (Lipinski definition) is 0. The number of methoxy groups -OCH3 is 1. The minimum absolute atomic E-state index is 0.105. The van der Waals surface area contributed by atoms with Gasteiger partial charge in [0, 0.05) is 31.6 Å². The van der Waals surface area contributed by atoms with E-state index < -0.39 is 5.79 Å². The fourth-order valence-corrected chi connectivity index (χ4v) is 9.26. The van der Waals surface area contributed by atoms with Gasteiger partial charge in [-0.1, -0.05) is 20.8 Å². The Hall–Kier alpha value is -0.940. The van der Waals surface area contributed by atoms with Crippen LogP contribution in [0.3, 0.4) is 0 Å². The molecule has 4 saturated carbocycles. The molecule has 0 aromatic carbocycles. The van der Waals surface area contributed by atoms with Crippen molar-refractivity contribution in [3.8, 4) is 0 Å². The fourth-order valence-electron chi connectivity index (χ4n) is 9.26. The molecule has 32 heavy (non-hydrogen) atoms. The van der Waals surface area contributed by atoms with Crippen molar-refractivity contribution in [1.29, 1.82) is 0 Å². The predicted molar refractivity (Wildman–Crippen MR) is 121 cm³/mol. The Morgan fingerprint density at radius 2 is 1.78 bits per heavy atom. The van der Waals surface area contributed by atoms with Crippen LogP contribution in [0.4, 0.5) is 0 Å². The molecule has 1 heterocycles. The first kappa shape index (κ1) is 22.8. The van der Waals surface area contributed by atoms with Gasteiger partial charge in [-0.2, -0.15) is 0 Å². The molecule has 8 atom stereocenters. The Balaban J connectivity index is 1.34. The van der Waals surface area contributed by atoms with E-state index in [2.05, 4.69) is 20.8 Å². The van der Waals surface area contributed by atoms with Gasteiger partial charge in [-0.3, -0.25) is 9.59 Å². The van der Waals surface area contributed by atoms with E-state index in [4.69, 9.17) is 14.2 Å². The molecule has 5 rings (SSSR count). The van der Waals surface area contributed by atoms with E-state index in [1.807, 2.05) is 0 Å². The first-order valence-electron chi connectivity index (χ1n) is 13.1. The zero-order valence-electron chi connectivity index (χ0n) is 20.5. The summed E-state index contributed by atoms with van der Waals surface area (Å²) < 4.78 is 17.0. The molecule has 5 nitrogen and oxygen atoms in total. The molecule has 1 aliphatic heterocycles. The highest BCUT2D eigenvalue weighted by atomic mass is 16.7. The van der Waals surface area contributed by atoms with Crippen LogP contribution in [-0.4, -0.2) is 37.9 Å². The third kappa shape index (κ3) is 3.40. The summed E-state index contributed by atoms with van der Waals surface area (Å²) in [5, 5.41) is 0. The topological polar surface area (TPSA) is 61.8 Å². The van der Waals surface area contributed by atoms with Gasteiger partial charge in [-0.15, -0.1) is 0 Å². The number of carbonyl (C=O) groups excluding carboxylic acids is 2. The van der Waals surface area contributed by atoms with E-state index in [-0.39, 0.29) is 22.7 Å². The summed E-state index contributed by atoms with van der Waals surface area (Å²) in [5.74, 6) is 2.74. The van der Waals surface area contributed by atoms with E-state index in [9.17, 15) is 9.59 Å². The average Bonchev–Trinajstić information content (AvgIpc) is 3.37. The van der Waals surface area contributed by atoms with Crippen LogP contribution >= 0.6 is 0 Å². The highest BCUT2D eigenvalue weighted by Crippen LogP contribution is 2.68. The van der Waals surface area contributed by atoms with Gasteiger partial charge < -0.3 is 14.2 Å². The molecule has 0 N–H and O–H groups in total. The van der Waals surface area contributed by atoms with Crippen molar-refractivity contribution in [2.24, 2.45) is 46.3 Å². The van der Waals surface area contributed by atoms with Crippen LogP contribution in [0.1, 0.15) is 85.0 Å². The third-order valence-corrected chi connectivity index (χ3v) is 11.1. The Morgan fingerprint density at radius 3 is 2.50 bits per heavy atom. The quantitative estimate of drug-likeness (QED) is 0.559. The highest BCUT2D eigenvalue weighted by molar-refractivity contribution is 5.83. The molecule has 1 spiro atoms. The van der Waals surface area contributed by atoms with Crippen LogP contribution in [-0.2, 0) is 23.8 Å². The zero-order valence-corrected chi connectivity index (χ0v) is 20.5. The maximum atomic E-state index is 13.7. The predicted octanol–water partition coefficient (Wildman–Crippen LogP) is 5.16. The maximum absolute atomic E-state index is 13.7. The summed E-state index contributed by atoms with van der Waals surface area (Å²) in [6.45, 7) is 8.66. The molecule has 0 bridgehead atoms. The number of ether oxygens (including phenoxy) is 3. The molecule has 0 aromatic rings. The van der Waals surface area contributed by atoms with E-state index in [1.165, 1.54) is 32.8 Å². The first-order chi connectivity index (χ1) is 15.2. The van der Waals surface area contributed by atoms with Crippen molar-refractivity contribution >= 4 is 11.8 Å². The molecule has 0 radical (unpaired) electrons. The maximum Gasteiger partial charge on any atom is 0.305 e. The summed E-state index contributed by atoms with van der Waals surface area (Å²) >= 11 is 0. The van der Waals surface area contributed by atoms with Gasteiger partial charge in [-0.25, -0.2) is 0 Å². The summed E-state index contributed by atoms with van der Waals surface area (Å²) in [6, 6.07) is 0. The Bertz CT molecular complexity index is 757. The van der Waals surface area contributed by atoms with Crippen LogP contribution < -0.4 is 0 Å². The molecule has 180 valence electrons. The monoisotopic (exact) mass is 446 g/mol. The standard InChI is InChI=1S/C27H42O5/c1-17(5-8-23(29)30-4)19-6-7-20-24-21(9-10-26(19,20)3)25(2)11-12-27(31-13-14-32-27)16-18(25)15-22(24)28/h17-21,24H,5-16H2,1-4H3/t17-,18+,19-,20+,21+,24+,25+,26-/m1/s1. The second-order valence-corrected chi connectivity index (χ2v) is 12.2. The van der Waals surface area contributed by atoms with Crippen molar-refractivity contribution in [2.45, 2.75) is 90.8 Å². The lowest BCUT2D eigenvalue weighted by atomic mass is 9.44. The molecule has 5 fully saturated rings. The molecule has 5 heteroatoms. The smallest absolute Gasteiger partial charge is 0.305 e. The van der Waals surface area contributed by atoms with Gasteiger partial charge in [0.25, 0.3) is 0 Å². The lowest BCUT2D eigenvalue weighted by molar-refractivity contribution is -0.227. The SMILES string of the molecule is COC(=O)CC[C@@H](C)[C@H]1CC[C@H]2[C@@H]3C(=O)C[C@H]4CC5(CC[C@]4(C)[C@H]3CC[C@]12C)OCCO5. The van der Waals surface area contributed by atoms with Gasteiger partial charge in [0.05, 0.1) is 20.3 Å². The zero-order chi connectivity index (χ0) is 22.7. The third-order valence-electron chi connectivity index (χ3n) is 11.1. The van der Waals surface area contributed by atoms with Crippen molar-refractivity contribution in [2.75, 3.05) is 20.3 Å². The van der Waals surface area contributed by atoms with Crippen LogP contribution in [0.2, 0.25) is 0 Å². The van der Waals surface area contributed by atoms with Crippen molar-refractivity contribution in [3.05, 3.63) is 0 Å². The van der Waals surface area contributed by atoms with E-state index in [0.29, 0.717) is 61.4 Å². The second-order valence-electron chi connectivity index (χ2n) is 12.2. The number of fused-ring (bicyclic) bond motifs is 5. The lowest BCUT2D eigenvalue weighted by Crippen LogP contribution is -2.59. The van der Waals surface area contributed by atoms with E-state index in [1.54, 1.807) is 0 Å². The minimum atomic E-state index is -0.409. The summed E-state index contributed by atoms with van der Waals surface area (Å²) in [7, 11) is 1.47. The molecule has 4 aliphatic carbocycles.